The molecule has 2 aromatic rings. The molecule has 0 amide bonds. The molecule has 46 heavy (non-hydrogen) atoms. The van der Waals surface area contributed by atoms with Crippen LogP contribution in [0.3, 0.4) is 0 Å². The molecule has 2 heterocycles. The van der Waals surface area contributed by atoms with Crippen LogP contribution in [0.2, 0.25) is 0 Å². The van der Waals surface area contributed by atoms with Gasteiger partial charge in [-0.2, -0.15) is 0 Å². The fraction of sp³-hybridized carbons (Fsp3) is 0.556. The summed E-state index contributed by atoms with van der Waals surface area (Å²) in [5.74, 6) is -1.90. The van der Waals surface area contributed by atoms with Gasteiger partial charge in [-0.3, -0.25) is 9.59 Å². The molecule has 0 N–H and O–H groups in total. The molecule has 5 aliphatic rings. The van der Waals surface area contributed by atoms with Crippen LogP contribution in [-0.4, -0.2) is 62.0 Å². The smallest absolute Gasteiger partial charge is 0.338 e. The Morgan fingerprint density at radius 1 is 0.848 bits per heavy atom. The summed E-state index contributed by atoms with van der Waals surface area (Å²) in [6.45, 7) is 8.14. The number of benzene rings is 2. The number of methoxy groups -OCH3 is 1. The summed E-state index contributed by atoms with van der Waals surface area (Å²) in [6, 6.07) is 13.5. The van der Waals surface area contributed by atoms with Crippen molar-refractivity contribution in [3.05, 3.63) is 59.7 Å². The molecule has 0 bridgehead atoms. The van der Waals surface area contributed by atoms with Gasteiger partial charge < -0.3 is 28.4 Å². The van der Waals surface area contributed by atoms with Gasteiger partial charge in [-0.15, -0.1) is 0 Å². The van der Waals surface area contributed by atoms with Crippen molar-refractivity contribution >= 4 is 23.7 Å². The van der Waals surface area contributed by atoms with Crippen LogP contribution >= 0.6 is 0 Å². The Morgan fingerprint density at radius 2 is 1.57 bits per heavy atom. The van der Waals surface area contributed by atoms with E-state index in [2.05, 4.69) is 13.8 Å². The molecular formula is C36H40O10. The number of carbonyl (C=O) groups excluding carboxylic acids is 4. The summed E-state index contributed by atoms with van der Waals surface area (Å²) in [4.78, 5) is 55.1. The van der Waals surface area contributed by atoms with E-state index in [1.165, 1.54) is 0 Å². The second kappa shape index (κ2) is 11.1. The molecule has 0 unspecified atom stereocenters. The highest BCUT2D eigenvalue weighted by molar-refractivity contribution is 5.96. The second-order valence-corrected chi connectivity index (χ2v) is 14.1. The number of ketones is 1. The summed E-state index contributed by atoms with van der Waals surface area (Å²) in [7, 11) is 1.57. The molecule has 2 aliphatic heterocycles. The van der Waals surface area contributed by atoms with Gasteiger partial charge in [0.25, 0.3) is 0 Å². The van der Waals surface area contributed by atoms with Gasteiger partial charge in [-0.05, 0) is 66.8 Å². The molecule has 3 saturated carbocycles. The lowest BCUT2D eigenvalue weighted by Gasteiger charge is -2.69. The number of ether oxygens (including phenoxy) is 6. The minimum atomic E-state index is -1.09. The van der Waals surface area contributed by atoms with Crippen molar-refractivity contribution in [2.75, 3.05) is 13.9 Å². The molecule has 11 atom stereocenters. The lowest BCUT2D eigenvalue weighted by molar-refractivity contribution is -0.284. The lowest BCUT2D eigenvalue weighted by Crippen LogP contribution is -2.75. The summed E-state index contributed by atoms with van der Waals surface area (Å²) >= 11 is 0. The van der Waals surface area contributed by atoms with Gasteiger partial charge in [-0.1, -0.05) is 45.9 Å². The van der Waals surface area contributed by atoms with Crippen LogP contribution in [0.5, 0.6) is 11.5 Å². The first-order chi connectivity index (χ1) is 22.0. The second-order valence-electron chi connectivity index (χ2n) is 14.1. The molecule has 0 spiro atoms. The number of rotatable bonds is 5. The molecule has 2 aromatic carbocycles. The maximum atomic E-state index is 14.9. The van der Waals surface area contributed by atoms with Crippen LogP contribution in [0.1, 0.15) is 67.7 Å². The summed E-state index contributed by atoms with van der Waals surface area (Å²) in [5.41, 5.74) is -1.18. The SMILES string of the molecule is CO[C@H]1[C@H](C)[C@@H]2CC(=O)O[C@@H]3C[C@H]4[C@H](C)C[C@H](OC(=O)c5ccccc5)C(=O)[C@]4(C)[C@@H]([C@@H]1OC(=O)c1ccc4c(c1)OCO4)[C@@]32C. The molecule has 1 saturated heterocycles. The van der Waals surface area contributed by atoms with Gasteiger partial charge in [0.2, 0.25) is 6.79 Å². The van der Waals surface area contributed by atoms with Gasteiger partial charge in [0.05, 0.1) is 17.2 Å². The van der Waals surface area contributed by atoms with Crippen molar-refractivity contribution in [3.63, 3.8) is 0 Å². The zero-order valence-corrected chi connectivity index (χ0v) is 26.7. The van der Waals surface area contributed by atoms with Crippen molar-refractivity contribution in [2.24, 2.45) is 40.4 Å². The average Bonchev–Trinajstić information content (AvgIpc) is 3.51. The number of hydrogen-bond donors (Lipinski definition) is 0. The molecule has 10 heteroatoms. The van der Waals surface area contributed by atoms with Crippen LogP contribution in [0.4, 0.5) is 0 Å². The van der Waals surface area contributed by atoms with E-state index in [-0.39, 0.29) is 54.2 Å². The number of fused-ring (bicyclic) bond motifs is 3. The van der Waals surface area contributed by atoms with Crippen LogP contribution in [0, 0.1) is 40.4 Å². The first-order valence-electron chi connectivity index (χ1n) is 16.1. The predicted octanol–water partition coefficient (Wildman–Crippen LogP) is 5.02. The lowest BCUT2D eigenvalue weighted by atomic mass is 9.37. The Morgan fingerprint density at radius 3 is 2.30 bits per heavy atom. The van der Waals surface area contributed by atoms with Crippen LogP contribution < -0.4 is 9.47 Å². The van der Waals surface area contributed by atoms with E-state index in [0.29, 0.717) is 29.9 Å². The van der Waals surface area contributed by atoms with Crippen molar-refractivity contribution in [1.82, 2.24) is 0 Å². The molecule has 7 rings (SSSR count). The Bertz CT molecular complexity index is 1570. The predicted molar refractivity (Wildman–Crippen MR) is 162 cm³/mol. The largest absolute Gasteiger partial charge is 0.462 e. The van der Waals surface area contributed by atoms with Gasteiger partial charge in [0.15, 0.2) is 23.4 Å². The molecule has 0 radical (unpaired) electrons. The third-order valence-electron chi connectivity index (χ3n) is 12.0. The Balaban J connectivity index is 1.31. The first kappa shape index (κ1) is 30.7. The van der Waals surface area contributed by atoms with E-state index < -0.39 is 53.1 Å². The van der Waals surface area contributed by atoms with E-state index >= 15 is 0 Å². The Hall–Kier alpha value is -3.92. The van der Waals surface area contributed by atoms with E-state index in [1.807, 2.05) is 19.9 Å². The van der Waals surface area contributed by atoms with Crippen LogP contribution in [0.25, 0.3) is 0 Å². The molecule has 10 nitrogen and oxygen atoms in total. The van der Waals surface area contributed by atoms with Crippen molar-refractivity contribution in [3.8, 4) is 11.5 Å². The maximum absolute atomic E-state index is 14.9. The standard InChI is InChI=1S/C36H40O10/c1-18-13-26(44-33(39)20-9-7-6-8-10-20)32(38)36(4)22(18)15-27-35(3)23(16-28(37)45-27)19(2)29(41-5)30(31(35)36)46-34(40)21-11-12-24-25(14-21)43-17-42-24/h6-12,14,18-19,22-23,26-27,29-31H,13,15-17H2,1-5H3/t18-,19-,22+,23+,26+,27-,29+,30-,31+,35-,36+/m1/s1. The quantitative estimate of drug-likeness (QED) is 0.328. The van der Waals surface area contributed by atoms with E-state index in [1.54, 1.807) is 49.6 Å². The Labute approximate surface area is 268 Å². The number of carbonyl (C=O) groups is 4. The number of Topliss-reactive ketones (excluding diaryl/α,β-unsaturated/α-hetero) is 1. The van der Waals surface area contributed by atoms with Gasteiger partial charge in [-0.25, -0.2) is 9.59 Å². The highest BCUT2D eigenvalue weighted by atomic mass is 16.7. The fourth-order valence-corrected chi connectivity index (χ4v) is 9.91. The summed E-state index contributed by atoms with van der Waals surface area (Å²) < 4.78 is 35.6. The molecule has 244 valence electrons. The van der Waals surface area contributed by atoms with Crippen molar-refractivity contribution in [2.45, 2.75) is 71.4 Å². The topological polar surface area (TPSA) is 124 Å². The van der Waals surface area contributed by atoms with Crippen LogP contribution in [0.15, 0.2) is 48.5 Å². The first-order valence-corrected chi connectivity index (χ1v) is 16.1. The van der Waals surface area contributed by atoms with Crippen LogP contribution in [-0.2, 0) is 28.5 Å². The summed E-state index contributed by atoms with van der Waals surface area (Å²) in [6.07, 6.45) is -1.94. The van der Waals surface area contributed by atoms with Gasteiger partial charge in [0.1, 0.15) is 12.2 Å². The number of esters is 3. The van der Waals surface area contributed by atoms with Crippen molar-refractivity contribution in [1.29, 1.82) is 0 Å². The van der Waals surface area contributed by atoms with Crippen molar-refractivity contribution < 1.29 is 47.6 Å². The summed E-state index contributed by atoms with van der Waals surface area (Å²) in [5, 5.41) is 0. The average molecular weight is 633 g/mol. The Kier molecular flexibility index (Phi) is 7.42. The minimum Gasteiger partial charge on any atom is -0.462 e. The fourth-order valence-electron chi connectivity index (χ4n) is 9.91. The molecule has 3 aliphatic carbocycles. The molecule has 0 aromatic heterocycles. The third-order valence-corrected chi connectivity index (χ3v) is 12.0. The monoisotopic (exact) mass is 632 g/mol. The van der Waals surface area contributed by atoms with E-state index in [0.717, 1.165) is 0 Å². The highest BCUT2D eigenvalue weighted by Crippen LogP contribution is 2.69. The van der Waals surface area contributed by atoms with E-state index in [4.69, 9.17) is 28.4 Å². The maximum Gasteiger partial charge on any atom is 0.338 e. The molecule has 4 fully saturated rings. The van der Waals surface area contributed by atoms with E-state index in [9.17, 15) is 19.2 Å². The number of hydrogen-bond acceptors (Lipinski definition) is 10. The zero-order valence-electron chi connectivity index (χ0n) is 26.7. The zero-order chi connectivity index (χ0) is 32.5. The van der Waals surface area contributed by atoms with Gasteiger partial charge in [0, 0.05) is 30.3 Å². The molecular weight excluding hydrogens is 592 g/mol. The minimum absolute atomic E-state index is 0.0644. The van der Waals surface area contributed by atoms with Gasteiger partial charge >= 0.3 is 17.9 Å². The third kappa shape index (κ3) is 4.47. The highest BCUT2D eigenvalue weighted by Gasteiger charge is 2.74. The normalized spacial score (nSPS) is 39.0.